The molecule has 3 heterocycles. The predicted octanol–water partition coefficient (Wildman–Crippen LogP) is 1.97. The normalized spacial score (nSPS) is 29.1. The number of phenols is 1. The molecule has 7 rings (SSSR count). The molecule has 4 aliphatic rings. The summed E-state index contributed by atoms with van der Waals surface area (Å²) in [7, 11) is 5.43. The second-order valence-corrected chi connectivity index (χ2v) is 11.1. The number of amides is 1. The largest absolute Gasteiger partial charge is 0.507 e. The minimum Gasteiger partial charge on any atom is -0.507 e. The average Bonchev–Trinajstić information content (AvgIpc) is 2.99. The van der Waals surface area contributed by atoms with Crippen LogP contribution in [0.4, 0.5) is 0 Å². The number of phenolic OH excluding ortho intramolecular Hbond substituents is 1. The number of hydrogen-bond acceptors (Lipinski definition) is 12. The molecule has 13 nitrogen and oxygen atoms in total. The average molecular weight is 634 g/mol. The first-order chi connectivity index (χ1) is 20.5. The zero-order chi connectivity index (χ0) is 30.7. The van der Waals surface area contributed by atoms with E-state index in [0.29, 0.717) is 0 Å². The van der Waals surface area contributed by atoms with Crippen LogP contribution in [0.3, 0.4) is 0 Å². The maximum Gasteiger partial charge on any atom is 0.259 e. The second-order valence-electron chi connectivity index (χ2n) is 10.7. The van der Waals surface area contributed by atoms with Crippen molar-refractivity contribution in [3.63, 3.8) is 0 Å². The van der Waals surface area contributed by atoms with Gasteiger partial charge in [0, 0.05) is 38.0 Å². The Morgan fingerprint density at radius 1 is 1.23 bits per heavy atom. The Morgan fingerprint density at radius 2 is 1.98 bits per heavy atom. The van der Waals surface area contributed by atoms with E-state index in [1.54, 1.807) is 0 Å². The summed E-state index contributed by atoms with van der Waals surface area (Å²) in [5.41, 5.74) is -4.24. The molecule has 0 spiro atoms. The van der Waals surface area contributed by atoms with E-state index >= 15 is 0 Å². The highest BCUT2D eigenvalue weighted by Gasteiger charge is 2.62. The number of aliphatic hydroxyl groups is 3. The number of ether oxygens (including phenoxy) is 5. The Balaban J connectivity index is 1.59. The highest BCUT2D eigenvalue weighted by Crippen LogP contribution is 2.62. The van der Waals surface area contributed by atoms with Crippen molar-refractivity contribution < 1.29 is 53.3 Å². The monoisotopic (exact) mass is 633 g/mol. The lowest BCUT2D eigenvalue weighted by Crippen LogP contribution is -2.54. The van der Waals surface area contributed by atoms with Crippen LogP contribution < -0.4 is 10.2 Å². The van der Waals surface area contributed by atoms with E-state index in [-0.39, 0.29) is 73.4 Å². The van der Waals surface area contributed by atoms with Gasteiger partial charge in [-0.25, -0.2) is 0 Å². The quantitative estimate of drug-likeness (QED) is 0.309. The molecule has 1 aromatic heterocycles. The number of likely N-dealkylation sites (N-methyl/N-ethyl adjacent to an activating group) is 1. The van der Waals surface area contributed by atoms with Gasteiger partial charge in [0.2, 0.25) is 0 Å². The molecule has 4 N–H and O–H groups in total. The third kappa shape index (κ3) is 3.32. The molecule has 1 amide bonds. The molecule has 2 unspecified atom stereocenters. The van der Waals surface area contributed by atoms with Crippen molar-refractivity contribution in [2.24, 2.45) is 0 Å². The van der Waals surface area contributed by atoms with E-state index in [9.17, 15) is 30.0 Å². The number of hydrogen-bond donors (Lipinski definition) is 4. The van der Waals surface area contributed by atoms with Gasteiger partial charge < -0.3 is 53.4 Å². The number of aliphatic hydroxyl groups excluding tert-OH is 2. The van der Waals surface area contributed by atoms with Crippen molar-refractivity contribution in [1.29, 1.82) is 0 Å². The van der Waals surface area contributed by atoms with Gasteiger partial charge in [0.15, 0.2) is 46.9 Å². The highest BCUT2D eigenvalue weighted by molar-refractivity contribution is 6.33. The smallest absolute Gasteiger partial charge is 0.259 e. The first kappa shape index (κ1) is 28.1. The van der Waals surface area contributed by atoms with Gasteiger partial charge in [-0.15, -0.1) is 0 Å². The number of benzene rings is 2. The van der Waals surface area contributed by atoms with E-state index in [1.165, 1.54) is 46.6 Å². The fourth-order valence-corrected chi connectivity index (χ4v) is 7.11. The number of carbonyl (C=O) groups is 1. The third-order valence-electron chi connectivity index (χ3n) is 8.80. The van der Waals surface area contributed by atoms with Crippen LogP contribution in [0.15, 0.2) is 33.0 Å². The Bertz CT molecular complexity index is 1830. The zero-order valence-electron chi connectivity index (χ0n) is 23.2. The molecule has 2 aliphatic carbocycles. The van der Waals surface area contributed by atoms with Crippen LogP contribution >= 0.6 is 11.6 Å². The number of nitrogens with zero attached hydrogens (tertiary/aromatic N) is 1. The van der Waals surface area contributed by atoms with Crippen LogP contribution in [0.5, 0.6) is 11.5 Å². The molecule has 43 heavy (non-hydrogen) atoms. The van der Waals surface area contributed by atoms with E-state index in [2.05, 4.69) is 0 Å². The van der Waals surface area contributed by atoms with Crippen LogP contribution in [-0.2, 0) is 24.5 Å². The SMILES string of the molecule is COc1c(Cl)ccc2c(=[18O])c3c([18o]c12)C1=C2[C@H]([18O]C[18O]1)[C@H]([18O]C)c1cc4c(c(O)c1C2([18OH])C3[18OH])C(=O)N(C)[C@@H]([18O]C)[C@H]4[18OH]. The van der Waals surface area contributed by atoms with Crippen molar-refractivity contribution in [2.45, 2.75) is 36.2 Å². The molecular weight excluding hydrogens is 608 g/mol. The molecule has 226 valence electrons. The summed E-state index contributed by atoms with van der Waals surface area (Å²) in [5, 5.41) is 47.6. The second kappa shape index (κ2) is 9.40. The first-order valence-corrected chi connectivity index (χ1v) is 13.5. The van der Waals surface area contributed by atoms with Gasteiger partial charge in [0.25, 0.3) is 5.91 Å². The Morgan fingerprint density at radius 3 is 2.65 bits per heavy atom. The number of fused-ring (bicyclic) bond motifs is 6. The first-order valence-electron chi connectivity index (χ1n) is 13.2. The van der Waals surface area contributed by atoms with Gasteiger partial charge in [-0.05, 0) is 23.8 Å². The fourth-order valence-electron chi connectivity index (χ4n) is 6.88. The minimum atomic E-state index is -2.57. The van der Waals surface area contributed by atoms with Crippen LogP contribution in [0, 0.1) is 0 Å². The number of halogens is 1. The number of rotatable bonds is 3. The molecule has 0 saturated heterocycles. The fraction of sp³-hybridized carbons (Fsp3) is 0.379. The van der Waals surface area contributed by atoms with Gasteiger partial charge in [-0.3, -0.25) is 9.59 Å². The number of carbonyl (C=O) groups excluding carboxylic acids is 1. The molecule has 14 heteroatoms. The molecule has 0 bridgehead atoms. The summed E-state index contributed by atoms with van der Waals surface area (Å²) in [6, 6.07) is 4.23. The molecule has 6 atom stereocenters. The van der Waals surface area contributed by atoms with Gasteiger partial charge >= 0.3 is 0 Å². The van der Waals surface area contributed by atoms with Crippen molar-refractivity contribution in [1.82, 2.24) is 4.90 Å². The molecule has 2 aromatic carbocycles. The lowest BCUT2D eigenvalue weighted by Gasteiger charge is -2.51. The Labute approximate surface area is 248 Å². The Kier molecular flexibility index (Phi) is 6.15. The van der Waals surface area contributed by atoms with Crippen molar-refractivity contribution in [3.05, 3.63) is 72.6 Å². The third-order valence-corrected chi connectivity index (χ3v) is 9.09. The number of aromatic hydroxyl groups is 1. The molecule has 2 aliphatic heterocycles. The lowest BCUT2D eigenvalue weighted by molar-refractivity contribution is -0.158. The minimum absolute atomic E-state index is 0.00121. The summed E-state index contributed by atoms with van der Waals surface area (Å²) < 4.78 is 34.3. The molecule has 3 aromatic rings. The topological polar surface area (TPSA) is 178 Å². The highest BCUT2D eigenvalue weighted by atomic mass is 35.5. The standard InChI is InChI=1S/C29H26ClNO12/c1-31-27(36)13-10(18(33)28(31)40-4)7-11-15(19(13)34)29(37)16-24(20(11)38-2)41-8-42-25(16)23-14(26(29)35)17(32)9-5-6-12(30)22(39-3)21(9)43-23/h5-7,18,20,24,26,28,33-35,37H,8H2,1-4H3/t18-,20+,24-,26?,28-,29?/m0/s1/i32+2,33+2,35+2,37+2,38+2,40+2,41+2,42+2,43+2. The van der Waals surface area contributed by atoms with Crippen LogP contribution in [0.2, 0.25) is 5.02 Å². The van der Waals surface area contributed by atoms with Crippen LogP contribution in [-0.4, -0.2) is 78.7 Å². The Hall–Kier alpha value is -3.69. The summed E-state index contributed by atoms with van der Waals surface area (Å²) >= 11 is 6.28. The molecular formula is C29H26ClNO12. The van der Waals surface area contributed by atoms with E-state index in [4.69, 9.17) is 39.7 Å². The predicted molar refractivity (Wildman–Crippen MR) is 146 cm³/mol. The maximum atomic E-state index is 14.0. The lowest BCUT2D eigenvalue weighted by atomic mass is 9.65. The summed E-state index contributed by atoms with van der Waals surface area (Å²) in [6.45, 7) is -0.354. The summed E-state index contributed by atoms with van der Waals surface area (Å²) in [6.07, 6.45) is -6.65. The van der Waals surface area contributed by atoms with Gasteiger partial charge in [0.05, 0.1) is 28.6 Å². The van der Waals surface area contributed by atoms with E-state index in [0.717, 1.165) is 4.90 Å². The molecule has 0 fully saturated rings. The van der Waals surface area contributed by atoms with Crippen LogP contribution in [0.25, 0.3) is 16.7 Å². The van der Waals surface area contributed by atoms with Crippen molar-refractivity contribution in [2.75, 3.05) is 35.2 Å². The van der Waals surface area contributed by atoms with Crippen molar-refractivity contribution >= 4 is 34.2 Å². The van der Waals surface area contributed by atoms with E-state index in [1.807, 2.05) is 0 Å². The van der Waals surface area contributed by atoms with Gasteiger partial charge in [-0.1, -0.05) is 11.6 Å². The van der Waals surface area contributed by atoms with Crippen molar-refractivity contribution in [3.8, 4) is 11.5 Å². The maximum absolute atomic E-state index is 14.0. The number of methoxy groups -OCH3 is 3. The summed E-state index contributed by atoms with van der Waals surface area (Å²) in [5.74, 6) is -1.67. The zero-order valence-corrected chi connectivity index (χ0v) is 24.0. The molecule has 0 saturated carbocycles. The van der Waals surface area contributed by atoms with Gasteiger partial charge in [-0.2, -0.15) is 0 Å². The van der Waals surface area contributed by atoms with E-state index < -0.39 is 53.3 Å². The van der Waals surface area contributed by atoms with Gasteiger partial charge in [0.1, 0.15) is 30.2 Å². The summed E-state index contributed by atoms with van der Waals surface area (Å²) in [4.78, 5) is 28.5. The molecule has 0 radical (unpaired) electrons. The van der Waals surface area contributed by atoms with Crippen LogP contribution in [0.1, 0.15) is 56.7 Å².